The summed E-state index contributed by atoms with van der Waals surface area (Å²) in [6.45, 7) is 15.1. The normalized spacial score (nSPS) is 14.2. The summed E-state index contributed by atoms with van der Waals surface area (Å²) in [4.78, 5) is 16.3. The zero-order chi connectivity index (χ0) is 18.1. The minimum Gasteiger partial charge on any atom is -0.444 e. The summed E-state index contributed by atoms with van der Waals surface area (Å²) in [5, 5.41) is 18.2. The number of amides is 1. The number of aliphatic imine (C=N–C) groups is 1. The standard InChI is InChI=1S/C16H34N4O3/c1-8-17-13(18-9-12(2)10-21)19-11-16(6,7)20-14(22)23-15(3,4)5/h12,21H,8-11H2,1-7H3,(H,20,22)(H2,17,18,19). The number of hydrogen-bond acceptors (Lipinski definition) is 4. The Kier molecular flexibility index (Phi) is 8.97. The van der Waals surface area contributed by atoms with Crippen molar-refractivity contribution >= 4 is 12.1 Å². The maximum Gasteiger partial charge on any atom is 0.408 e. The number of carbonyl (C=O) groups is 1. The number of aliphatic hydroxyl groups excluding tert-OH is 1. The predicted octanol–water partition coefficient (Wildman–Crippen LogP) is 1.47. The van der Waals surface area contributed by atoms with Crippen molar-refractivity contribution in [3.8, 4) is 0 Å². The first-order valence-electron chi connectivity index (χ1n) is 8.13. The Morgan fingerprint density at radius 3 is 2.30 bits per heavy atom. The number of carbonyl (C=O) groups excluding carboxylic acids is 1. The Morgan fingerprint density at radius 2 is 1.83 bits per heavy atom. The van der Waals surface area contributed by atoms with E-state index >= 15 is 0 Å². The Morgan fingerprint density at radius 1 is 1.22 bits per heavy atom. The molecule has 1 amide bonds. The molecule has 0 saturated carbocycles. The molecule has 23 heavy (non-hydrogen) atoms. The van der Waals surface area contributed by atoms with Crippen LogP contribution in [0.4, 0.5) is 4.79 Å². The van der Waals surface area contributed by atoms with Crippen LogP contribution >= 0.6 is 0 Å². The molecule has 0 aliphatic heterocycles. The summed E-state index contributed by atoms with van der Waals surface area (Å²) < 4.78 is 5.26. The van der Waals surface area contributed by atoms with E-state index in [-0.39, 0.29) is 12.5 Å². The van der Waals surface area contributed by atoms with Crippen molar-refractivity contribution < 1.29 is 14.6 Å². The molecular weight excluding hydrogens is 296 g/mol. The number of aliphatic hydroxyl groups is 1. The quantitative estimate of drug-likeness (QED) is 0.419. The van der Waals surface area contributed by atoms with Gasteiger partial charge in [-0.05, 0) is 47.5 Å². The summed E-state index contributed by atoms with van der Waals surface area (Å²) in [7, 11) is 0. The lowest BCUT2D eigenvalue weighted by molar-refractivity contribution is 0.0476. The molecule has 0 bridgehead atoms. The average molecular weight is 330 g/mol. The van der Waals surface area contributed by atoms with E-state index < -0.39 is 17.2 Å². The molecule has 4 N–H and O–H groups in total. The highest BCUT2D eigenvalue weighted by Crippen LogP contribution is 2.09. The monoisotopic (exact) mass is 330 g/mol. The van der Waals surface area contributed by atoms with Crippen LogP contribution in [0.25, 0.3) is 0 Å². The van der Waals surface area contributed by atoms with Crippen LogP contribution < -0.4 is 16.0 Å². The zero-order valence-electron chi connectivity index (χ0n) is 15.6. The first-order chi connectivity index (χ1) is 10.5. The molecule has 0 aromatic carbocycles. The summed E-state index contributed by atoms with van der Waals surface area (Å²) in [5.74, 6) is 0.804. The number of ether oxygens (including phenoxy) is 1. The highest BCUT2D eigenvalue weighted by molar-refractivity contribution is 5.79. The number of nitrogens with zero attached hydrogens (tertiary/aromatic N) is 1. The number of nitrogens with one attached hydrogen (secondary N) is 3. The van der Waals surface area contributed by atoms with Gasteiger partial charge in [-0.2, -0.15) is 0 Å². The third-order valence-electron chi connectivity index (χ3n) is 2.75. The molecule has 7 heteroatoms. The van der Waals surface area contributed by atoms with Gasteiger partial charge in [-0.15, -0.1) is 0 Å². The molecule has 0 spiro atoms. The third-order valence-corrected chi connectivity index (χ3v) is 2.75. The predicted molar refractivity (Wildman–Crippen MR) is 93.7 cm³/mol. The van der Waals surface area contributed by atoms with Crippen molar-refractivity contribution in [2.24, 2.45) is 10.9 Å². The molecule has 7 nitrogen and oxygen atoms in total. The van der Waals surface area contributed by atoms with E-state index in [0.717, 1.165) is 6.54 Å². The third kappa shape index (κ3) is 11.7. The Labute approximate surface area is 140 Å². The molecule has 0 aliphatic rings. The highest BCUT2D eigenvalue weighted by Gasteiger charge is 2.24. The minimum absolute atomic E-state index is 0.123. The molecule has 0 saturated heterocycles. The molecule has 0 rings (SSSR count). The Balaban J connectivity index is 4.60. The van der Waals surface area contributed by atoms with Crippen LogP contribution in [-0.2, 0) is 4.74 Å². The average Bonchev–Trinajstić information content (AvgIpc) is 2.38. The van der Waals surface area contributed by atoms with Gasteiger partial charge in [-0.3, -0.25) is 4.99 Å². The molecule has 1 unspecified atom stereocenters. The van der Waals surface area contributed by atoms with Crippen LogP contribution in [0.2, 0.25) is 0 Å². The molecule has 136 valence electrons. The van der Waals surface area contributed by atoms with Crippen LogP contribution in [0.3, 0.4) is 0 Å². The molecule has 0 aromatic rings. The Hall–Kier alpha value is -1.50. The number of rotatable bonds is 7. The van der Waals surface area contributed by atoms with Crippen molar-refractivity contribution in [3.05, 3.63) is 0 Å². The van der Waals surface area contributed by atoms with Gasteiger partial charge in [-0.1, -0.05) is 6.92 Å². The van der Waals surface area contributed by atoms with Crippen molar-refractivity contribution in [1.29, 1.82) is 0 Å². The maximum absolute atomic E-state index is 11.9. The molecule has 0 fully saturated rings. The second-order valence-electron chi connectivity index (χ2n) is 7.37. The molecule has 0 radical (unpaired) electrons. The minimum atomic E-state index is -0.534. The van der Waals surface area contributed by atoms with Gasteiger partial charge in [0.15, 0.2) is 5.96 Å². The smallest absolute Gasteiger partial charge is 0.408 e. The van der Waals surface area contributed by atoms with Crippen LogP contribution in [0.15, 0.2) is 4.99 Å². The largest absolute Gasteiger partial charge is 0.444 e. The maximum atomic E-state index is 11.9. The lowest BCUT2D eigenvalue weighted by atomic mass is 10.1. The Bertz CT molecular complexity index is 389. The van der Waals surface area contributed by atoms with Crippen molar-refractivity contribution in [1.82, 2.24) is 16.0 Å². The molecular formula is C16H34N4O3. The van der Waals surface area contributed by atoms with Crippen LogP contribution in [0.5, 0.6) is 0 Å². The second-order valence-corrected chi connectivity index (χ2v) is 7.37. The van der Waals surface area contributed by atoms with E-state index in [1.54, 1.807) is 0 Å². The van der Waals surface area contributed by atoms with Gasteiger partial charge in [0.1, 0.15) is 5.60 Å². The fourth-order valence-electron chi connectivity index (χ4n) is 1.57. The van der Waals surface area contributed by atoms with Crippen molar-refractivity contribution in [3.63, 3.8) is 0 Å². The van der Waals surface area contributed by atoms with E-state index in [0.29, 0.717) is 19.0 Å². The van der Waals surface area contributed by atoms with E-state index in [4.69, 9.17) is 9.84 Å². The van der Waals surface area contributed by atoms with Crippen LogP contribution in [0.1, 0.15) is 48.5 Å². The van der Waals surface area contributed by atoms with Gasteiger partial charge in [0, 0.05) is 19.7 Å². The SMILES string of the molecule is CCNC(=NCC(C)(C)NC(=O)OC(C)(C)C)NCC(C)CO. The fourth-order valence-corrected chi connectivity index (χ4v) is 1.57. The molecule has 0 heterocycles. The van der Waals surface area contributed by atoms with Gasteiger partial charge < -0.3 is 25.8 Å². The van der Waals surface area contributed by atoms with E-state index in [1.165, 1.54) is 0 Å². The van der Waals surface area contributed by atoms with Gasteiger partial charge in [0.05, 0.1) is 12.1 Å². The van der Waals surface area contributed by atoms with Crippen molar-refractivity contribution in [2.75, 3.05) is 26.2 Å². The van der Waals surface area contributed by atoms with Gasteiger partial charge in [0.2, 0.25) is 0 Å². The van der Waals surface area contributed by atoms with Gasteiger partial charge in [0.25, 0.3) is 0 Å². The van der Waals surface area contributed by atoms with E-state index in [1.807, 2.05) is 48.5 Å². The summed E-state index contributed by atoms with van der Waals surface area (Å²) in [6, 6.07) is 0. The lowest BCUT2D eigenvalue weighted by Crippen LogP contribution is -2.49. The van der Waals surface area contributed by atoms with Crippen LogP contribution in [0, 0.1) is 5.92 Å². The topological polar surface area (TPSA) is 95.0 Å². The first kappa shape index (κ1) is 21.5. The molecule has 0 aliphatic carbocycles. The summed E-state index contributed by atoms with van der Waals surface area (Å²) in [6.07, 6.45) is -0.454. The molecule has 1 atom stereocenters. The van der Waals surface area contributed by atoms with Crippen molar-refractivity contribution in [2.45, 2.75) is 59.6 Å². The highest BCUT2D eigenvalue weighted by atomic mass is 16.6. The number of alkyl carbamates (subject to hydrolysis) is 1. The fraction of sp³-hybridized carbons (Fsp3) is 0.875. The van der Waals surface area contributed by atoms with Gasteiger partial charge >= 0.3 is 6.09 Å². The summed E-state index contributed by atoms with van der Waals surface area (Å²) >= 11 is 0. The van der Waals surface area contributed by atoms with Crippen LogP contribution in [-0.4, -0.2) is 54.5 Å². The zero-order valence-corrected chi connectivity index (χ0v) is 15.6. The van der Waals surface area contributed by atoms with Gasteiger partial charge in [-0.25, -0.2) is 4.79 Å². The summed E-state index contributed by atoms with van der Waals surface area (Å²) in [5.41, 5.74) is -1.06. The lowest BCUT2D eigenvalue weighted by Gasteiger charge is -2.27. The first-order valence-corrected chi connectivity index (χ1v) is 8.13. The molecule has 0 aromatic heterocycles. The second kappa shape index (κ2) is 9.60. The number of guanidine groups is 1. The van der Waals surface area contributed by atoms with E-state index in [9.17, 15) is 4.79 Å². The van der Waals surface area contributed by atoms with E-state index in [2.05, 4.69) is 20.9 Å². The number of hydrogen-bond donors (Lipinski definition) is 4.